The van der Waals surface area contributed by atoms with E-state index < -0.39 is 10.4 Å². The Morgan fingerprint density at radius 2 is 1.37 bits per heavy atom. The van der Waals surface area contributed by atoms with Crippen LogP contribution in [0.3, 0.4) is 0 Å². The Morgan fingerprint density at radius 3 is 1.81 bits per heavy atom. The summed E-state index contributed by atoms with van der Waals surface area (Å²) < 4.78 is 31.7. The van der Waals surface area contributed by atoms with Crippen LogP contribution >= 0.6 is 0 Å². The first-order chi connectivity index (χ1) is 12.9. The summed E-state index contributed by atoms with van der Waals surface area (Å²) in [5, 5.41) is 0. The van der Waals surface area contributed by atoms with Crippen LogP contribution in [0.2, 0.25) is 0 Å². The van der Waals surface area contributed by atoms with Crippen molar-refractivity contribution in [2.24, 2.45) is 0 Å². The Kier molecular flexibility index (Phi) is 16.8. The van der Waals surface area contributed by atoms with E-state index in [9.17, 15) is 8.42 Å². The summed E-state index contributed by atoms with van der Waals surface area (Å²) in [7, 11) is -2.06. The van der Waals surface area contributed by atoms with Crippen molar-refractivity contribution in [1.29, 1.82) is 0 Å². The molecule has 1 aliphatic rings. The Balaban J connectivity index is 0.000000636. The van der Waals surface area contributed by atoms with Gasteiger partial charge in [0.1, 0.15) is 0 Å². The molecule has 0 aliphatic carbocycles. The number of rotatable bonds is 15. The maximum atomic E-state index is 9.84. The molecule has 0 aromatic rings. The van der Waals surface area contributed by atoms with E-state index in [4.69, 9.17) is 4.55 Å². The summed E-state index contributed by atoms with van der Waals surface area (Å²) in [5.74, 6) is 0. The van der Waals surface area contributed by atoms with E-state index in [0.717, 1.165) is 13.1 Å². The van der Waals surface area contributed by atoms with Crippen LogP contribution in [0.5, 0.6) is 0 Å². The van der Waals surface area contributed by atoms with Gasteiger partial charge in [0, 0.05) is 26.0 Å². The Hall–Kier alpha value is -0.790. The minimum absolute atomic E-state index is 0.0648. The maximum Gasteiger partial charge on any atom is 0.397 e. The minimum atomic E-state index is -4.20. The molecule has 0 saturated carbocycles. The first kappa shape index (κ1) is 26.2. The lowest BCUT2D eigenvalue weighted by Crippen LogP contribution is -2.23. The van der Waals surface area contributed by atoms with Crippen LogP contribution in [0.4, 0.5) is 0 Å². The van der Waals surface area contributed by atoms with Gasteiger partial charge in [-0.3, -0.25) is 4.55 Å². The average molecular weight is 407 g/mol. The fourth-order valence-electron chi connectivity index (χ4n) is 2.85. The topological polar surface area (TPSA) is 70.1 Å². The van der Waals surface area contributed by atoms with Gasteiger partial charge in [0.2, 0.25) is 0 Å². The second-order valence-electron chi connectivity index (χ2n) is 7.29. The molecule has 0 saturated heterocycles. The zero-order valence-corrected chi connectivity index (χ0v) is 18.6. The quantitative estimate of drug-likeness (QED) is 0.298. The van der Waals surface area contributed by atoms with Crippen molar-refractivity contribution in [1.82, 2.24) is 9.80 Å². The lowest BCUT2D eigenvalue weighted by atomic mass is 10.1. The van der Waals surface area contributed by atoms with Crippen LogP contribution in [0, 0.1) is 0 Å². The zero-order chi connectivity index (χ0) is 20.4. The lowest BCUT2D eigenvalue weighted by molar-refractivity contribution is 0.264. The maximum absolute atomic E-state index is 9.84. The molecule has 0 aromatic heterocycles. The molecule has 0 radical (unpaired) electrons. The first-order valence-corrected chi connectivity index (χ1v) is 12.0. The number of hydrogen-bond donors (Lipinski definition) is 1. The summed E-state index contributed by atoms with van der Waals surface area (Å²) in [6, 6.07) is 0. The van der Waals surface area contributed by atoms with E-state index in [-0.39, 0.29) is 6.61 Å². The molecular weight excluding hydrogens is 364 g/mol. The third kappa shape index (κ3) is 19.8. The van der Waals surface area contributed by atoms with Crippen molar-refractivity contribution in [3.8, 4) is 0 Å². The molecule has 1 N–H and O–H groups in total. The molecule has 0 unspecified atom stereocenters. The highest BCUT2D eigenvalue weighted by atomic mass is 32.3. The van der Waals surface area contributed by atoms with Gasteiger partial charge in [0.15, 0.2) is 0 Å². The van der Waals surface area contributed by atoms with Crippen LogP contribution in [0.15, 0.2) is 12.4 Å². The highest BCUT2D eigenvalue weighted by Gasteiger charge is 2.06. The van der Waals surface area contributed by atoms with E-state index in [1.165, 1.54) is 70.8 Å². The number of unbranched alkanes of at least 4 members (excludes halogenated alkanes) is 10. The molecule has 6 nitrogen and oxygen atoms in total. The predicted molar refractivity (Wildman–Crippen MR) is 113 cm³/mol. The van der Waals surface area contributed by atoms with Gasteiger partial charge in [0.05, 0.1) is 13.3 Å². The second kappa shape index (κ2) is 17.3. The third-order valence-corrected chi connectivity index (χ3v) is 4.93. The van der Waals surface area contributed by atoms with Crippen molar-refractivity contribution in [3.63, 3.8) is 0 Å². The molecule has 0 amide bonds. The minimum Gasteiger partial charge on any atom is -0.362 e. The Labute approximate surface area is 167 Å². The Morgan fingerprint density at radius 1 is 0.852 bits per heavy atom. The number of nitrogens with zero attached hydrogens (tertiary/aromatic N) is 2. The molecule has 7 heteroatoms. The summed E-state index contributed by atoms with van der Waals surface area (Å²) in [5.41, 5.74) is 0. The van der Waals surface area contributed by atoms with Gasteiger partial charge in [-0.15, -0.1) is 0 Å². The number of hydrogen-bond acceptors (Lipinski definition) is 5. The van der Waals surface area contributed by atoms with Gasteiger partial charge < -0.3 is 9.80 Å². The van der Waals surface area contributed by atoms with E-state index >= 15 is 0 Å². The highest BCUT2D eigenvalue weighted by Crippen LogP contribution is 2.11. The van der Waals surface area contributed by atoms with Crippen molar-refractivity contribution in [2.45, 2.75) is 90.9 Å². The predicted octanol–water partition coefficient (Wildman–Crippen LogP) is 5.19. The molecule has 1 aliphatic heterocycles. The van der Waals surface area contributed by atoms with E-state index in [1.807, 2.05) is 6.92 Å². The summed E-state index contributed by atoms with van der Waals surface area (Å²) in [6.07, 6.45) is 20.1. The summed E-state index contributed by atoms with van der Waals surface area (Å²) >= 11 is 0. The first-order valence-electron chi connectivity index (χ1n) is 10.6. The zero-order valence-electron chi connectivity index (χ0n) is 17.7. The largest absolute Gasteiger partial charge is 0.397 e. The molecule has 0 aromatic carbocycles. The van der Waals surface area contributed by atoms with Gasteiger partial charge in [-0.25, -0.2) is 4.18 Å². The molecule has 0 bridgehead atoms. The fraction of sp³-hybridized carbons (Fsp3) is 0.900. The normalized spacial score (nSPS) is 13.8. The van der Waals surface area contributed by atoms with Crippen LogP contribution in [0.25, 0.3) is 0 Å². The van der Waals surface area contributed by atoms with Gasteiger partial charge in [-0.2, -0.15) is 8.42 Å². The van der Waals surface area contributed by atoms with Gasteiger partial charge in [-0.05, 0) is 12.8 Å². The van der Waals surface area contributed by atoms with E-state index in [0.29, 0.717) is 6.42 Å². The molecule has 0 atom stereocenters. The van der Waals surface area contributed by atoms with Crippen molar-refractivity contribution < 1.29 is 17.2 Å². The van der Waals surface area contributed by atoms with Crippen LogP contribution in [-0.2, 0) is 14.6 Å². The molecule has 27 heavy (non-hydrogen) atoms. The van der Waals surface area contributed by atoms with Gasteiger partial charge >= 0.3 is 10.4 Å². The molecular formula is C20H42N2O4S. The Bertz CT molecular complexity index is 455. The van der Waals surface area contributed by atoms with Crippen molar-refractivity contribution in [2.75, 3.05) is 26.9 Å². The average Bonchev–Trinajstić information content (AvgIpc) is 3.02. The summed E-state index contributed by atoms with van der Waals surface area (Å²) in [4.78, 5) is 4.64. The SMILES string of the molecule is CCCCCCCCCCCCN1C=CN(C)C1.CCCCOS(=O)(=O)O. The van der Waals surface area contributed by atoms with Crippen molar-refractivity contribution in [3.05, 3.63) is 12.4 Å². The molecule has 1 heterocycles. The van der Waals surface area contributed by atoms with Crippen LogP contribution in [-0.4, -0.2) is 49.6 Å². The molecule has 1 rings (SSSR count). The van der Waals surface area contributed by atoms with E-state index in [2.05, 4.69) is 40.4 Å². The smallest absolute Gasteiger partial charge is 0.362 e. The van der Waals surface area contributed by atoms with Crippen LogP contribution in [0.1, 0.15) is 90.9 Å². The van der Waals surface area contributed by atoms with Crippen molar-refractivity contribution >= 4 is 10.4 Å². The van der Waals surface area contributed by atoms with Gasteiger partial charge in [-0.1, -0.05) is 78.1 Å². The third-order valence-electron chi connectivity index (χ3n) is 4.47. The van der Waals surface area contributed by atoms with Crippen LogP contribution < -0.4 is 0 Å². The fourth-order valence-corrected chi connectivity index (χ4v) is 3.17. The lowest BCUT2D eigenvalue weighted by Gasteiger charge is -2.17. The second-order valence-corrected chi connectivity index (χ2v) is 8.39. The molecule has 0 spiro atoms. The monoisotopic (exact) mass is 406 g/mol. The standard InChI is InChI=1S/C16H32N2.C4H10O4S/c1-3-4-5-6-7-8-9-10-11-12-13-18-15-14-17(2)16-18;1-2-3-4-8-9(5,6)7/h14-15H,3-13,16H2,1-2H3;2-4H2,1H3,(H,5,6,7). The molecule has 0 fully saturated rings. The molecule has 162 valence electrons. The van der Waals surface area contributed by atoms with E-state index in [1.54, 1.807) is 0 Å². The highest BCUT2D eigenvalue weighted by molar-refractivity contribution is 7.80. The summed E-state index contributed by atoms with van der Waals surface area (Å²) in [6.45, 7) is 6.56. The van der Waals surface area contributed by atoms with Gasteiger partial charge in [0.25, 0.3) is 0 Å².